The molecule has 30 heavy (non-hydrogen) atoms. The van der Waals surface area contributed by atoms with E-state index in [-0.39, 0.29) is 50.0 Å². The molecule has 0 radical (unpaired) electrons. The SMILES string of the molecule is O=C(O)NCCOCCC(=O)N1CCC(C(=O)N2N=CCC2c2ccccc2)CC1. The van der Waals surface area contributed by atoms with E-state index in [4.69, 9.17) is 9.84 Å². The minimum atomic E-state index is -1.10. The van der Waals surface area contributed by atoms with Gasteiger partial charge in [-0.1, -0.05) is 30.3 Å². The third-order valence-corrected chi connectivity index (χ3v) is 5.42. The van der Waals surface area contributed by atoms with Crippen LogP contribution in [0.2, 0.25) is 0 Å². The van der Waals surface area contributed by atoms with E-state index in [1.165, 1.54) is 0 Å². The summed E-state index contributed by atoms with van der Waals surface area (Å²) in [6.07, 6.45) is 2.91. The maximum Gasteiger partial charge on any atom is 0.404 e. The molecule has 9 heteroatoms. The molecule has 2 N–H and O–H groups in total. The number of nitrogens with zero attached hydrogens (tertiary/aromatic N) is 3. The summed E-state index contributed by atoms with van der Waals surface area (Å²) >= 11 is 0. The lowest BCUT2D eigenvalue weighted by molar-refractivity contribution is -0.142. The molecule has 0 saturated carbocycles. The lowest BCUT2D eigenvalue weighted by Crippen LogP contribution is -2.43. The normalized spacial score (nSPS) is 19.1. The zero-order chi connectivity index (χ0) is 21.3. The molecule has 0 spiro atoms. The number of ether oxygens (including phenoxy) is 1. The van der Waals surface area contributed by atoms with Crippen molar-refractivity contribution in [2.45, 2.75) is 31.7 Å². The van der Waals surface area contributed by atoms with Gasteiger partial charge in [-0.3, -0.25) is 9.59 Å². The van der Waals surface area contributed by atoms with Gasteiger partial charge < -0.3 is 20.1 Å². The number of amides is 3. The Balaban J connectivity index is 1.40. The first-order valence-corrected chi connectivity index (χ1v) is 10.3. The molecule has 162 valence electrons. The van der Waals surface area contributed by atoms with E-state index in [0.29, 0.717) is 25.9 Å². The molecule has 1 aromatic carbocycles. The highest BCUT2D eigenvalue weighted by molar-refractivity contribution is 5.82. The Labute approximate surface area is 175 Å². The lowest BCUT2D eigenvalue weighted by atomic mass is 9.94. The van der Waals surface area contributed by atoms with Crippen molar-refractivity contribution in [1.29, 1.82) is 0 Å². The number of hydrogen-bond donors (Lipinski definition) is 2. The molecule has 1 unspecified atom stereocenters. The summed E-state index contributed by atoms with van der Waals surface area (Å²) in [5.41, 5.74) is 1.08. The minimum absolute atomic E-state index is 0.00607. The van der Waals surface area contributed by atoms with Gasteiger partial charge in [0.25, 0.3) is 0 Å². The number of likely N-dealkylation sites (tertiary alicyclic amines) is 1. The molecule has 2 aliphatic rings. The Morgan fingerprint density at radius 3 is 2.57 bits per heavy atom. The highest BCUT2D eigenvalue weighted by atomic mass is 16.5. The molecule has 1 fully saturated rings. The predicted molar refractivity (Wildman–Crippen MR) is 110 cm³/mol. The third-order valence-electron chi connectivity index (χ3n) is 5.42. The summed E-state index contributed by atoms with van der Waals surface area (Å²) in [6, 6.07) is 9.86. The van der Waals surface area contributed by atoms with Crippen molar-refractivity contribution in [1.82, 2.24) is 15.2 Å². The average molecular weight is 416 g/mol. The van der Waals surface area contributed by atoms with Crippen LogP contribution in [0.4, 0.5) is 4.79 Å². The van der Waals surface area contributed by atoms with E-state index in [9.17, 15) is 14.4 Å². The standard InChI is InChI=1S/C21H28N4O5/c26-19(9-14-30-15-11-22-21(28)29)24-12-7-17(8-13-24)20(27)25-18(6-10-23-25)16-4-2-1-3-5-16/h1-5,10,17-18,22H,6-9,11-15H2,(H,28,29). The predicted octanol–water partition coefficient (Wildman–Crippen LogP) is 1.86. The molecule has 2 heterocycles. The lowest BCUT2D eigenvalue weighted by Gasteiger charge is -2.34. The Morgan fingerprint density at radius 2 is 1.87 bits per heavy atom. The molecule has 0 bridgehead atoms. The van der Waals surface area contributed by atoms with Crippen molar-refractivity contribution in [3.63, 3.8) is 0 Å². The first-order valence-electron chi connectivity index (χ1n) is 10.3. The third kappa shape index (κ3) is 5.79. The van der Waals surface area contributed by atoms with Gasteiger partial charge in [0.15, 0.2) is 0 Å². The van der Waals surface area contributed by atoms with E-state index < -0.39 is 6.09 Å². The van der Waals surface area contributed by atoms with Crippen molar-refractivity contribution in [3.8, 4) is 0 Å². The van der Waals surface area contributed by atoms with Gasteiger partial charge in [0.1, 0.15) is 0 Å². The zero-order valence-electron chi connectivity index (χ0n) is 16.9. The number of carbonyl (C=O) groups is 3. The summed E-state index contributed by atoms with van der Waals surface area (Å²) in [5, 5.41) is 16.6. The number of rotatable bonds is 8. The fraction of sp³-hybridized carbons (Fsp3) is 0.524. The molecule has 1 saturated heterocycles. The first-order chi connectivity index (χ1) is 14.6. The van der Waals surface area contributed by atoms with Crippen LogP contribution >= 0.6 is 0 Å². The Morgan fingerprint density at radius 1 is 1.13 bits per heavy atom. The Hall–Kier alpha value is -2.94. The number of carbonyl (C=O) groups excluding carboxylic acids is 2. The van der Waals surface area contributed by atoms with Crippen LogP contribution in [0.15, 0.2) is 35.4 Å². The maximum absolute atomic E-state index is 13.0. The second-order valence-electron chi connectivity index (χ2n) is 7.39. The molecular weight excluding hydrogens is 388 g/mol. The molecule has 3 rings (SSSR count). The van der Waals surface area contributed by atoms with Crippen LogP contribution in [0.25, 0.3) is 0 Å². The molecule has 1 aromatic rings. The summed E-state index contributed by atoms with van der Waals surface area (Å²) in [4.78, 5) is 37.4. The quantitative estimate of drug-likeness (QED) is 0.629. The molecule has 1 atom stereocenters. The van der Waals surface area contributed by atoms with Crippen LogP contribution in [0.1, 0.15) is 37.3 Å². The van der Waals surface area contributed by atoms with Gasteiger partial charge in [0.2, 0.25) is 11.8 Å². The van der Waals surface area contributed by atoms with Crippen LogP contribution in [0.5, 0.6) is 0 Å². The fourth-order valence-electron chi connectivity index (χ4n) is 3.79. The molecule has 2 aliphatic heterocycles. The van der Waals surface area contributed by atoms with Crippen molar-refractivity contribution < 1.29 is 24.2 Å². The molecule has 3 amide bonds. The first kappa shape index (κ1) is 21.8. The highest BCUT2D eigenvalue weighted by Crippen LogP contribution is 2.31. The molecule has 0 aliphatic carbocycles. The fourth-order valence-corrected chi connectivity index (χ4v) is 3.79. The Bertz CT molecular complexity index is 762. The highest BCUT2D eigenvalue weighted by Gasteiger charge is 2.35. The summed E-state index contributed by atoms with van der Waals surface area (Å²) < 4.78 is 5.28. The van der Waals surface area contributed by atoms with Crippen LogP contribution in [0, 0.1) is 5.92 Å². The van der Waals surface area contributed by atoms with Crippen molar-refractivity contribution in [2.24, 2.45) is 11.0 Å². The zero-order valence-corrected chi connectivity index (χ0v) is 16.9. The number of carboxylic acid groups (broad SMARTS) is 1. The number of benzene rings is 1. The average Bonchev–Trinajstić information content (AvgIpc) is 3.26. The smallest absolute Gasteiger partial charge is 0.404 e. The summed E-state index contributed by atoms with van der Waals surface area (Å²) in [5.74, 6) is -0.110. The van der Waals surface area contributed by atoms with Gasteiger partial charge in [-0.15, -0.1) is 0 Å². The van der Waals surface area contributed by atoms with E-state index in [1.807, 2.05) is 30.3 Å². The van der Waals surface area contributed by atoms with Crippen molar-refractivity contribution >= 4 is 24.1 Å². The molecule has 9 nitrogen and oxygen atoms in total. The van der Waals surface area contributed by atoms with Gasteiger partial charge in [0.05, 0.1) is 25.7 Å². The summed E-state index contributed by atoms with van der Waals surface area (Å²) in [7, 11) is 0. The number of hydrogen-bond acceptors (Lipinski definition) is 5. The largest absolute Gasteiger partial charge is 0.465 e. The monoisotopic (exact) mass is 416 g/mol. The number of piperidine rings is 1. The van der Waals surface area contributed by atoms with Gasteiger partial charge in [-0.05, 0) is 18.4 Å². The number of nitrogens with one attached hydrogen (secondary N) is 1. The second kappa shape index (κ2) is 10.7. The van der Waals surface area contributed by atoms with Crippen LogP contribution in [0.3, 0.4) is 0 Å². The molecule has 0 aromatic heterocycles. The Kier molecular flexibility index (Phi) is 7.78. The second-order valence-corrected chi connectivity index (χ2v) is 7.39. The van der Waals surface area contributed by atoms with Crippen LogP contribution in [-0.4, -0.2) is 72.0 Å². The number of hydrazone groups is 1. The van der Waals surface area contributed by atoms with Crippen molar-refractivity contribution in [2.75, 3.05) is 32.8 Å². The van der Waals surface area contributed by atoms with Crippen molar-refractivity contribution in [3.05, 3.63) is 35.9 Å². The van der Waals surface area contributed by atoms with E-state index >= 15 is 0 Å². The topological polar surface area (TPSA) is 112 Å². The maximum atomic E-state index is 13.0. The van der Waals surface area contributed by atoms with E-state index in [0.717, 1.165) is 12.0 Å². The van der Waals surface area contributed by atoms with Gasteiger partial charge in [-0.2, -0.15) is 5.10 Å². The molecular formula is C21H28N4O5. The van der Waals surface area contributed by atoms with Crippen LogP contribution in [-0.2, 0) is 14.3 Å². The van der Waals surface area contributed by atoms with E-state index in [2.05, 4.69) is 10.4 Å². The van der Waals surface area contributed by atoms with Crippen LogP contribution < -0.4 is 5.32 Å². The van der Waals surface area contributed by atoms with Gasteiger partial charge in [0, 0.05) is 38.2 Å². The van der Waals surface area contributed by atoms with E-state index in [1.54, 1.807) is 16.1 Å². The van der Waals surface area contributed by atoms with Gasteiger partial charge >= 0.3 is 6.09 Å². The minimum Gasteiger partial charge on any atom is -0.465 e. The summed E-state index contributed by atoms with van der Waals surface area (Å²) in [6.45, 7) is 1.77. The van der Waals surface area contributed by atoms with Gasteiger partial charge in [-0.25, -0.2) is 9.80 Å².